The number of hydrogen-bond acceptors (Lipinski definition) is 5. The minimum absolute atomic E-state index is 0.0258. The molecule has 6 nitrogen and oxygen atoms in total. The lowest BCUT2D eigenvalue weighted by Gasteiger charge is -2.60. The van der Waals surface area contributed by atoms with Gasteiger partial charge >= 0.3 is 11.9 Å². The first-order valence-electron chi connectivity index (χ1n) is 11.8. The molecule has 4 aliphatic carbocycles. The maximum atomic E-state index is 12.9. The number of carbonyl (C=O) groups is 3. The number of carboxylic acid groups (broad SMARTS) is 1. The minimum Gasteiger partial charge on any atom is -0.481 e. The van der Waals surface area contributed by atoms with Gasteiger partial charge in [-0.3, -0.25) is 14.4 Å². The van der Waals surface area contributed by atoms with Crippen molar-refractivity contribution < 1.29 is 29.0 Å². The Labute approximate surface area is 191 Å². The topological polar surface area (TPSA) is 89.9 Å². The Balaban J connectivity index is 1.39. The Morgan fingerprint density at radius 2 is 1.90 bits per heavy atom. The largest absolute Gasteiger partial charge is 0.481 e. The van der Waals surface area contributed by atoms with E-state index in [9.17, 15) is 19.5 Å². The molecule has 1 aliphatic heterocycles. The molecule has 2 bridgehead atoms. The highest BCUT2D eigenvalue weighted by atomic mass is 79.9. The number of esters is 1. The van der Waals surface area contributed by atoms with Crippen LogP contribution in [0.3, 0.4) is 0 Å². The van der Waals surface area contributed by atoms with Gasteiger partial charge in [-0.1, -0.05) is 22.9 Å². The molecule has 0 aromatic rings. The van der Waals surface area contributed by atoms with E-state index in [-0.39, 0.29) is 51.9 Å². The molecule has 5 aliphatic rings. The van der Waals surface area contributed by atoms with Gasteiger partial charge in [-0.15, -0.1) is 0 Å². The standard InChI is InChI=1S/C24H33BrO6/c1-12(26)30-10-18(27)17-4-3-15-14-9-19-20-21(25)13(22(28)29)5-8-24(20,11-31-19)16(14)6-7-23(15,17)2/h13-17,19-21H,3-11H2,1-2H3,(H,28,29)/t13-,14?,15?,16?,17+,19+,20?,21?,23-,24-/m0/s1. The van der Waals surface area contributed by atoms with Gasteiger partial charge in [0.15, 0.2) is 5.78 Å². The molecule has 0 amide bonds. The van der Waals surface area contributed by atoms with E-state index >= 15 is 0 Å². The van der Waals surface area contributed by atoms with E-state index in [2.05, 4.69) is 22.9 Å². The first-order chi connectivity index (χ1) is 14.7. The van der Waals surface area contributed by atoms with E-state index in [1.807, 2.05) is 0 Å². The number of rotatable bonds is 4. The molecule has 1 heterocycles. The van der Waals surface area contributed by atoms with Crippen molar-refractivity contribution in [2.24, 2.45) is 46.3 Å². The molecular weight excluding hydrogens is 464 g/mol. The second-order valence-corrected chi connectivity index (χ2v) is 12.1. The van der Waals surface area contributed by atoms with Crippen molar-refractivity contribution in [2.75, 3.05) is 13.2 Å². The van der Waals surface area contributed by atoms with Gasteiger partial charge in [-0.05, 0) is 68.1 Å². The quantitative estimate of drug-likeness (QED) is 0.469. The molecule has 5 rings (SSSR count). The van der Waals surface area contributed by atoms with Crippen LogP contribution in [0.25, 0.3) is 0 Å². The molecule has 1 saturated heterocycles. The number of halogens is 1. The second kappa shape index (κ2) is 7.54. The molecule has 0 aromatic heterocycles. The summed E-state index contributed by atoms with van der Waals surface area (Å²) in [4.78, 5) is 35.9. The van der Waals surface area contributed by atoms with Crippen LogP contribution in [-0.2, 0) is 23.9 Å². The molecule has 5 unspecified atom stereocenters. The third-order valence-corrected chi connectivity index (χ3v) is 11.3. The highest BCUT2D eigenvalue weighted by Gasteiger charge is 2.69. The van der Waals surface area contributed by atoms with E-state index < -0.39 is 11.9 Å². The van der Waals surface area contributed by atoms with Crippen LogP contribution in [0.2, 0.25) is 0 Å². The number of aliphatic carboxylic acids is 1. The van der Waals surface area contributed by atoms with E-state index in [1.165, 1.54) is 6.92 Å². The Kier molecular flexibility index (Phi) is 5.32. The maximum absolute atomic E-state index is 12.9. The van der Waals surface area contributed by atoms with E-state index in [4.69, 9.17) is 9.47 Å². The zero-order valence-electron chi connectivity index (χ0n) is 18.3. The number of alkyl halides is 1. The van der Waals surface area contributed by atoms with Crippen molar-refractivity contribution in [1.82, 2.24) is 0 Å². The number of ether oxygens (including phenoxy) is 2. The zero-order valence-corrected chi connectivity index (χ0v) is 19.9. The SMILES string of the molecule is CC(=O)OCC(=O)[C@H]1CCC2C3C[C@H]4OC[C@@]5(CC[C@H](C(=O)O)C(Br)C45)C3CC[C@@]21C. The highest BCUT2D eigenvalue weighted by molar-refractivity contribution is 9.09. The van der Waals surface area contributed by atoms with Crippen LogP contribution in [0.5, 0.6) is 0 Å². The number of carboxylic acids is 1. The van der Waals surface area contributed by atoms with E-state index in [1.54, 1.807) is 0 Å². The molecule has 7 heteroatoms. The average Bonchev–Trinajstić information content (AvgIpc) is 3.21. The van der Waals surface area contributed by atoms with Gasteiger partial charge in [0.25, 0.3) is 0 Å². The van der Waals surface area contributed by atoms with Crippen LogP contribution >= 0.6 is 15.9 Å². The average molecular weight is 497 g/mol. The van der Waals surface area contributed by atoms with Crippen molar-refractivity contribution in [3.63, 3.8) is 0 Å². The minimum atomic E-state index is -0.695. The Hall–Kier alpha value is -0.950. The Morgan fingerprint density at radius 1 is 1.13 bits per heavy atom. The van der Waals surface area contributed by atoms with Crippen LogP contribution in [0.4, 0.5) is 0 Å². The molecule has 10 atom stereocenters. The molecular formula is C24H33BrO6. The molecule has 0 radical (unpaired) electrons. The first-order valence-corrected chi connectivity index (χ1v) is 12.7. The lowest BCUT2D eigenvalue weighted by Crippen LogP contribution is -2.59. The third-order valence-electron chi connectivity index (χ3n) is 10.1. The summed E-state index contributed by atoms with van der Waals surface area (Å²) in [6.07, 6.45) is 6.79. The van der Waals surface area contributed by atoms with Crippen LogP contribution in [0.15, 0.2) is 0 Å². The predicted molar refractivity (Wildman–Crippen MR) is 116 cm³/mol. The number of ketones is 1. The smallest absolute Gasteiger partial charge is 0.307 e. The lowest BCUT2D eigenvalue weighted by molar-refractivity contribution is -0.152. The Morgan fingerprint density at radius 3 is 2.61 bits per heavy atom. The van der Waals surface area contributed by atoms with Crippen molar-refractivity contribution in [1.29, 1.82) is 0 Å². The van der Waals surface area contributed by atoms with Crippen LogP contribution in [0.1, 0.15) is 58.8 Å². The predicted octanol–water partition coefficient (Wildman–Crippen LogP) is 3.84. The molecule has 4 saturated carbocycles. The zero-order chi connectivity index (χ0) is 22.1. The van der Waals surface area contributed by atoms with Gasteiger partial charge < -0.3 is 14.6 Å². The number of fused-ring (bicyclic) bond motifs is 3. The maximum Gasteiger partial charge on any atom is 0.307 e. The Bertz CT molecular complexity index is 799. The summed E-state index contributed by atoms with van der Waals surface area (Å²) in [6, 6.07) is 0. The molecule has 31 heavy (non-hydrogen) atoms. The monoisotopic (exact) mass is 496 g/mol. The van der Waals surface area contributed by atoms with Gasteiger partial charge in [0, 0.05) is 29.0 Å². The van der Waals surface area contributed by atoms with Crippen molar-refractivity contribution >= 4 is 33.7 Å². The summed E-state index contributed by atoms with van der Waals surface area (Å²) in [5.74, 6) is 0.472. The van der Waals surface area contributed by atoms with Crippen molar-refractivity contribution in [3.05, 3.63) is 0 Å². The fourth-order valence-corrected chi connectivity index (χ4v) is 10.2. The number of Topliss-reactive ketones (excluding diaryl/α,β-unsaturated/α-hetero) is 1. The van der Waals surface area contributed by atoms with Crippen LogP contribution in [-0.4, -0.2) is 47.0 Å². The van der Waals surface area contributed by atoms with Gasteiger partial charge in [0.05, 0.1) is 18.6 Å². The molecule has 5 fully saturated rings. The number of hydrogen-bond donors (Lipinski definition) is 1. The fraction of sp³-hybridized carbons (Fsp3) is 0.875. The first kappa shape index (κ1) is 21.9. The molecule has 172 valence electrons. The molecule has 0 aromatic carbocycles. The van der Waals surface area contributed by atoms with Gasteiger partial charge in [-0.2, -0.15) is 0 Å². The molecule has 1 N–H and O–H groups in total. The van der Waals surface area contributed by atoms with Crippen LogP contribution in [0, 0.1) is 46.3 Å². The molecule has 0 spiro atoms. The summed E-state index contributed by atoms with van der Waals surface area (Å²) in [6.45, 7) is 4.30. The van der Waals surface area contributed by atoms with Crippen molar-refractivity contribution in [3.8, 4) is 0 Å². The highest BCUT2D eigenvalue weighted by Crippen LogP contribution is 2.70. The number of carbonyl (C=O) groups excluding carboxylic acids is 2. The van der Waals surface area contributed by atoms with Gasteiger partial charge in [0.2, 0.25) is 0 Å². The normalized spacial score (nSPS) is 50.2. The van der Waals surface area contributed by atoms with Gasteiger partial charge in [0.1, 0.15) is 6.61 Å². The third kappa shape index (κ3) is 3.08. The summed E-state index contributed by atoms with van der Waals surface area (Å²) in [5.41, 5.74) is 0.0439. The summed E-state index contributed by atoms with van der Waals surface area (Å²) >= 11 is 3.81. The van der Waals surface area contributed by atoms with Gasteiger partial charge in [-0.25, -0.2) is 0 Å². The summed E-state index contributed by atoms with van der Waals surface area (Å²) < 4.78 is 11.4. The van der Waals surface area contributed by atoms with E-state index in [0.717, 1.165) is 45.1 Å². The summed E-state index contributed by atoms with van der Waals surface area (Å²) in [7, 11) is 0. The van der Waals surface area contributed by atoms with Crippen molar-refractivity contribution in [2.45, 2.75) is 69.7 Å². The van der Waals surface area contributed by atoms with Crippen LogP contribution < -0.4 is 0 Å². The fourth-order valence-electron chi connectivity index (χ4n) is 8.84. The lowest BCUT2D eigenvalue weighted by atomic mass is 9.44. The summed E-state index contributed by atoms with van der Waals surface area (Å²) in [5, 5.41) is 9.70. The van der Waals surface area contributed by atoms with E-state index in [0.29, 0.717) is 24.2 Å². The second-order valence-electron chi connectivity index (χ2n) is 11.1.